The highest BCUT2D eigenvalue weighted by Crippen LogP contribution is 2.19. The number of sulfonamides is 1. The molecule has 2 rings (SSSR count). The number of hydrogen-bond acceptors (Lipinski definition) is 4. The van der Waals surface area contributed by atoms with Gasteiger partial charge in [0.25, 0.3) is 0 Å². The third-order valence-electron chi connectivity index (χ3n) is 4.03. The molecule has 2 aromatic rings. The molecule has 0 unspecified atom stereocenters. The summed E-state index contributed by atoms with van der Waals surface area (Å²) >= 11 is 0. The monoisotopic (exact) mass is 376 g/mol. The molecule has 0 saturated heterocycles. The molecule has 0 fully saturated rings. The minimum atomic E-state index is -3.52. The van der Waals surface area contributed by atoms with Crippen molar-refractivity contribution in [1.29, 1.82) is 0 Å². The molecule has 1 amide bonds. The van der Waals surface area contributed by atoms with Crippen molar-refractivity contribution in [2.75, 3.05) is 31.8 Å². The summed E-state index contributed by atoms with van der Waals surface area (Å²) in [6.45, 7) is 1.84. The van der Waals surface area contributed by atoms with Crippen LogP contribution in [0.2, 0.25) is 0 Å². The van der Waals surface area contributed by atoms with E-state index in [2.05, 4.69) is 5.32 Å². The number of para-hydroxylation sites is 2. The minimum Gasteiger partial charge on any atom is -0.496 e. The topological polar surface area (TPSA) is 75.7 Å². The average Bonchev–Trinajstić information content (AvgIpc) is 2.60. The van der Waals surface area contributed by atoms with E-state index in [0.29, 0.717) is 17.9 Å². The Hall–Kier alpha value is -2.38. The Morgan fingerprint density at radius 3 is 2.42 bits per heavy atom. The van der Waals surface area contributed by atoms with E-state index in [1.807, 2.05) is 49.4 Å². The largest absolute Gasteiger partial charge is 0.496 e. The lowest BCUT2D eigenvalue weighted by Crippen LogP contribution is -2.38. The summed E-state index contributed by atoms with van der Waals surface area (Å²) in [5.41, 5.74) is 2.49. The highest BCUT2D eigenvalue weighted by atomic mass is 32.2. The second-order valence-electron chi connectivity index (χ2n) is 6.02. The Bertz CT molecular complexity index is 865. The number of rotatable bonds is 8. The molecule has 0 aliphatic carbocycles. The van der Waals surface area contributed by atoms with Crippen LogP contribution in [0, 0.1) is 6.92 Å². The molecule has 0 atom stereocenters. The van der Waals surface area contributed by atoms with Crippen molar-refractivity contribution < 1.29 is 17.9 Å². The van der Waals surface area contributed by atoms with Gasteiger partial charge in [-0.1, -0.05) is 36.4 Å². The third kappa shape index (κ3) is 5.57. The fourth-order valence-corrected chi connectivity index (χ4v) is 3.35. The van der Waals surface area contributed by atoms with Gasteiger partial charge < -0.3 is 10.1 Å². The Morgan fingerprint density at radius 2 is 1.77 bits per heavy atom. The zero-order valence-corrected chi connectivity index (χ0v) is 16.0. The van der Waals surface area contributed by atoms with Gasteiger partial charge in [-0.15, -0.1) is 0 Å². The number of amides is 1. The number of carbonyl (C=O) groups is 1. The van der Waals surface area contributed by atoms with E-state index in [4.69, 9.17) is 4.74 Å². The Balaban J connectivity index is 2.06. The van der Waals surface area contributed by atoms with Crippen molar-refractivity contribution in [3.05, 3.63) is 59.7 Å². The van der Waals surface area contributed by atoms with Crippen LogP contribution in [0.25, 0.3) is 0 Å². The molecule has 140 valence electrons. The van der Waals surface area contributed by atoms with Gasteiger partial charge in [0.15, 0.2) is 0 Å². The lowest BCUT2D eigenvalue weighted by atomic mass is 10.1. The first-order valence-electron chi connectivity index (χ1n) is 8.23. The number of ether oxygens (including phenoxy) is 1. The first-order valence-corrected chi connectivity index (χ1v) is 10.1. The normalized spacial score (nSPS) is 11.4. The van der Waals surface area contributed by atoms with Gasteiger partial charge in [0.05, 0.1) is 19.9 Å². The lowest BCUT2D eigenvalue weighted by molar-refractivity contribution is -0.116. The summed E-state index contributed by atoms with van der Waals surface area (Å²) in [6, 6.07) is 14.8. The smallest absolute Gasteiger partial charge is 0.239 e. The van der Waals surface area contributed by atoms with E-state index in [-0.39, 0.29) is 19.0 Å². The molecule has 0 saturated carbocycles. The van der Waals surface area contributed by atoms with Crippen LogP contribution < -0.4 is 10.1 Å². The number of anilines is 1. The molecule has 2 aromatic carbocycles. The highest BCUT2D eigenvalue weighted by Gasteiger charge is 2.21. The van der Waals surface area contributed by atoms with Gasteiger partial charge in [0, 0.05) is 12.2 Å². The molecule has 0 heterocycles. The van der Waals surface area contributed by atoms with E-state index in [0.717, 1.165) is 17.4 Å². The summed E-state index contributed by atoms with van der Waals surface area (Å²) in [4.78, 5) is 12.3. The van der Waals surface area contributed by atoms with Gasteiger partial charge >= 0.3 is 0 Å². The molecule has 26 heavy (non-hydrogen) atoms. The second kappa shape index (κ2) is 8.82. The molecule has 0 aliphatic heterocycles. The fourth-order valence-electron chi connectivity index (χ4n) is 2.58. The van der Waals surface area contributed by atoms with Crippen LogP contribution >= 0.6 is 0 Å². The lowest BCUT2D eigenvalue weighted by Gasteiger charge is -2.20. The zero-order chi connectivity index (χ0) is 19.2. The Morgan fingerprint density at radius 1 is 1.12 bits per heavy atom. The third-order valence-corrected chi connectivity index (χ3v) is 5.28. The number of hydrogen-bond donors (Lipinski definition) is 1. The minimum absolute atomic E-state index is 0.195. The Labute approximate surface area is 154 Å². The predicted molar refractivity (Wildman–Crippen MR) is 103 cm³/mol. The molecule has 0 spiro atoms. The molecule has 7 heteroatoms. The molecule has 0 aliphatic rings. The van der Waals surface area contributed by atoms with Crippen LogP contribution in [0.15, 0.2) is 48.5 Å². The zero-order valence-electron chi connectivity index (χ0n) is 15.2. The number of aryl methyl sites for hydroxylation is 1. The first kappa shape index (κ1) is 19.9. The van der Waals surface area contributed by atoms with Crippen LogP contribution in [0.4, 0.5) is 5.69 Å². The van der Waals surface area contributed by atoms with E-state index in [9.17, 15) is 13.2 Å². The molecular weight excluding hydrogens is 352 g/mol. The van der Waals surface area contributed by atoms with E-state index in [1.54, 1.807) is 13.2 Å². The second-order valence-corrected chi connectivity index (χ2v) is 8.00. The van der Waals surface area contributed by atoms with E-state index < -0.39 is 10.0 Å². The summed E-state index contributed by atoms with van der Waals surface area (Å²) in [6.07, 6.45) is 1.56. The van der Waals surface area contributed by atoms with Gasteiger partial charge in [-0.05, 0) is 36.6 Å². The van der Waals surface area contributed by atoms with Crippen LogP contribution in [0.3, 0.4) is 0 Å². The number of methoxy groups -OCH3 is 1. The maximum Gasteiger partial charge on any atom is 0.239 e. The number of nitrogens with one attached hydrogen (secondary N) is 1. The van der Waals surface area contributed by atoms with Crippen molar-refractivity contribution in [1.82, 2.24) is 4.31 Å². The molecule has 1 N–H and O–H groups in total. The van der Waals surface area contributed by atoms with Crippen molar-refractivity contribution in [3.63, 3.8) is 0 Å². The summed E-state index contributed by atoms with van der Waals surface area (Å²) in [7, 11) is -1.95. The molecule has 6 nitrogen and oxygen atoms in total. The van der Waals surface area contributed by atoms with Crippen LogP contribution in [-0.4, -0.2) is 45.1 Å². The molecule has 0 bridgehead atoms. The van der Waals surface area contributed by atoms with E-state index in [1.165, 1.54) is 4.31 Å². The van der Waals surface area contributed by atoms with Crippen molar-refractivity contribution >= 4 is 21.6 Å². The highest BCUT2D eigenvalue weighted by molar-refractivity contribution is 7.88. The van der Waals surface area contributed by atoms with Gasteiger partial charge in [-0.2, -0.15) is 4.31 Å². The quantitative estimate of drug-likeness (QED) is 0.768. The van der Waals surface area contributed by atoms with Crippen molar-refractivity contribution in [3.8, 4) is 5.75 Å². The van der Waals surface area contributed by atoms with Gasteiger partial charge in [-0.25, -0.2) is 8.42 Å². The molecular formula is C19H24N2O4S. The summed E-state index contributed by atoms with van der Waals surface area (Å²) in [5, 5.41) is 2.76. The van der Waals surface area contributed by atoms with Gasteiger partial charge in [0.1, 0.15) is 5.75 Å². The SMILES string of the molecule is COc1ccccc1CCN(CC(=O)Nc1ccccc1C)S(C)(=O)=O. The maximum atomic E-state index is 12.3. The van der Waals surface area contributed by atoms with Gasteiger partial charge in [-0.3, -0.25) is 4.79 Å². The number of nitrogens with zero attached hydrogens (tertiary/aromatic N) is 1. The van der Waals surface area contributed by atoms with E-state index >= 15 is 0 Å². The summed E-state index contributed by atoms with van der Waals surface area (Å²) < 4.78 is 30.6. The van der Waals surface area contributed by atoms with Crippen LogP contribution in [0.1, 0.15) is 11.1 Å². The standard InChI is InChI=1S/C19H24N2O4S/c1-15-8-4-6-10-17(15)20-19(22)14-21(26(3,23)24)13-12-16-9-5-7-11-18(16)25-2/h4-11H,12-14H2,1-3H3,(H,20,22). The fraction of sp³-hybridized carbons (Fsp3) is 0.316. The van der Waals surface area contributed by atoms with Gasteiger partial charge in [0.2, 0.25) is 15.9 Å². The van der Waals surface area contributed by atoms with Crippen LogP contribution in [-0.2, 0) is 21.2 Å². The summed E-state index contributed by atoms with van der Waals surface area (Å²) in [5.74, 6) is 0.329. The molecule has 0 radical (unpaired) electrons. The van der Waals surface area contributed by atoms with Crippen molar-refractivity contribution in [2.45, 2.75) is 13.3 Å². The first-order chi connectivity index (χ1) is 12.3. The Kier molecular flexibility index (Phi) is 6.76. The number of carbonyl (C=O) groups excluding carboxylic acids is 1. The van der Waals surface area contributed by atoms with Crippen molar-refractivity contribution in [2.24, 2.45) is 0 Å². The predicted octanol–water partition coefficient (Wildman–Crippen LogP) is 2.45. The average molecular weight is 376 g/mol. The number of benzene rings is 2. The maximum absolute atomic E-state index is 12.3. The molecule has 0 aromatic heterocycles. The van der Waals surface area contributed by atoms with Crippen LogP contribution in [0.5, 0.6) is 5.75 Å².